The van der Waals surface area contributed by atoms with Crippen molar-refractivity contribution in [3.05, 3.63) is 77.5 Å². The average Bonchev–Trinajstić information content (AvgIpc) is 3.64. The number of nitrogens with zero attached hydrogens (tertiary/aromatic N) is 5. The van der Waals surface area contributed by atoms with Crippen molar-refractivity contribution in [3.63, 3.8) is 0 Å². The fourth-order valence-corrected chi connectivity index (χ4v) is 4.41. The molecule has 1 aromatic carbocycles. The Bertz CT molecular complexity index is 1570. The molecule has 5 heterocycles. The first-order valence-electron chi connectivity index (χ1n) is 10.7. The SMILES string of the molecule is Cn1cncc1-c1nc(C(F)F)c(C(=O)N2CCc3[nH]cnc3[C@@H]2c2oc3ccccc3c2F)o1. The minimum atomic E-state index is -3.08. The number of para-hydroxylation sites is 1. The molecule has 35 heavy (non-hydrogen) atoms. The Morgan fingerprint density at radius 1 is 1.26 bits per heavy atom. The molecule has 0 spiro atoms. The van der Waals surface area contributed by atoms with E-state index >= 15 is 4.39 Å². The number of aryl methyl sites for hydroxylation is 1. The number of furan rings is 1. The summed E-state index contributed by atoms with van der Waals surface area (Å²) in [6, 6.07) is 5.43. The minimum Gasteiger partial charge on any atom is -0.455 e. The van der Waals surface area contributed by atoms with Crippen LogP contribution in [0, 0.1) is 5.82 Å². The molecular formula is C23H17F3N6O3. The van der Waals surface area contributed by atoms with Crippen molar-refractivity contribution < 1.29 is 26.8 Å². The standard InChI is InChI=1S/C23H17F3N6O3/c1-31-10-27-8-13(31)22-30-17(21(25)26)20(35-22)23(33)32-7-6-12-16(29-9-28-12)18(32)19-15(24)11-4-2-3-5-14(11)34-19/h2-5,8-10,18,21H,6-7H2,1H3,(H,28,29)/t18-/m1/s1. The highest BCUT2D eigenvalue weighted by Crippen LogP contribution is 2.40. The number of benzene rings is 1. The molecule has 178 valence electrons. The van der Waals surface area contributed by atoms with Crippen LogP contribution in [0.5, 0.6) is 0 Å². The van der Waals surface area contributed by atoms with E-state index in [0.29, 0.717) is 29.1 Å². The van der Waals surface area contributed by atoms with Gasteiger partial charge in [-0.05, 0) is 12.1 Å². The molecule has 0 bridgehead atoms. The smallest absolute Gasteiger partial charge is 0.292 e. The van der Waals surface area contributed by atoms with Gasteiger partial charge in [-0.3, -0.25) is 4.79 Å². The fourth-order valence-electron chi connectivity index (χ4n) is 4.41. The summed E-state index contributed by atoms with van der Waals surface area (Å²) in [5, 5.41) is 0.240. The third-order valence-electron chi connectivity index (χ3n) is 6.08. The highest BCUT2D eigenvalue weighted by molar-refractivity contribution is 5.94. The van der Waals surface area contributed by atoms with Gasteiger partial charge >= 0.3 is 0 Å². The summed E-state index contributed by atoms with van der Waals surface area (Å²) in [4.78, 5) is 30.0. The van der Waals surface area contributed by atoms with Crippen molar-refractivity contribution in [3.8, 4) is 11.6 Å². The van der Waals surface area contributed by atoms with Crippen molar-refractivity contribution in [1.29, 1.82) is 0 Å². The Hall–Kier alpha value is -4.35. The van der Waals surface area contributed by atoms with Crippen LogP contribution in [-0.2, 0) is 13.5 Å². The number of nitrogens with one attached hydrogen (secondary N) is 1. The van der Waals surface area contributed by atoms with Crippen molar-refractivity contribution >= 4 is 16.9 Å². The molecule has 5 aromatic rings. The van der Waals surface area contributed by atoms with Gasteiger partial charge in [-0.2, -0.15) is 0 Å². The molecule has 0 aliphatic carbocycles. The lowest BCUT2D eigenvalue weighted by Gasteiger charge is -2.33. The molecule has 4 aromatic heterocycles. The first-order chi connectivity index (χ1) is 16.9. The van der Waals surface area contributed by atoms with Gasteiger partial charge in [0.25, 0.3) is 12.3 Å². The van der Waals surface area contributed by atoms with Crippen LogP contribution in [0.25, 0.3) is 22.6 Å². The van der Waals surface area contributed by atoms with Crippen molar-refractivity contribution in [2.45, 2.75) is 18.9 Å². The highest BCUT2D eigenvalue weighted by Gasteiger charge is 2.42. The summed E-state index contributed by atoms with van der Waals surface area (Å²) in [5.41, 5.74) is 0.872. The maximum Gasteiger partial charge on any atom is 0.292 e. The molecule has 1 aliphatic rings. The number of rotatable bonds is 4. The number of aromatic nitrogens is 5. The number of carbonyl (C=O) groups is 1. The second-order valence-electron chi connectivity index (χ2n) is 8.12. The molecule has 0 fully saturated rings. The summed E-state index contributed by atoms with van der Waals surface area (Å²) >= 11 is 0. The largest absolute Gasteiger partial charge is 0.455 e. The number of carbonyl (C=O) groups excluding carboxylic acids is 1. The predicted octanol–water partition coefficient (Wildman–Crippen LogP) is 4.41. The number of hydrogen-bond donors (Lipinski definition) is 1. The number of fused-ring (bicyclic) bond motifs is 2. The van der Waals surface area contributed by atoms with Gasteiger partial charge in [-0.1, -0.05) is 12.1 Å². The molecule has 1 amide bonds. The molecule has 0 radical (unpaired) electrons. The Kier molecular flexibility index (Phi) is 4.76. The maximum absolute atomic E-state index is 15.5. The maximum atomic E-state index is 15.5. The summed E-state index contributed by atoms with van der Waals surface area (Å²) in [6.45, 7) is 0.0829. The Labute approximate surface area is 195 Å². The van der Waals surface area contributed by atoms with E-state index in [0.717, 1.165) is 0 Å². The van der Waals surface area contributed by atoms with Crippen molar-refractivity contribution in [1.82, 2.24) is 29.4 Å². The third kappa shape index (κ3) is 3.24. The summed E-state index contributed by atoms with van der Waals surface area (Å²) in [6.07, 6.45) is 1.55. The van der Waals surface area contributed by atoms with Crippen molar-refractivity contribution in [2.24, 2.45) is 7.05 Å². The monoisotopic (exact) mass is 482 g/mol. The highest BCUT2D eigenvalue weighted by atomic mass is 19.3. The van der Waals surface area contributed by atoms with Crippen LogP contribution < -0.4 is 0 Å². The van der Waals surface area contributed by atoms with Gasteiger partial charge in [0.1, 0.15) is 17.3 Å². The van der Waals surface area contributed by atoms with Crippen LogP contribution in [0.15, 0.2) is 52.0 Å². The van der Waals surface area contributed by atoms with Gasteiger partial charge in [0, 0.05) is 25.7 Å². The molecule has 0 saturated carbocycles. The number of aromatic amines is 1. The van der Waals surface area contributed by atoms with Gasteiger partial charge in [0.05, 0.1) is 29.9 Å². The normalized spacial score (nSPS) is 15.8. The van der Waals surface area contributed by atoms with Crippen LogP contribution in [0.2, 0.25) is 0 Å². The average molecular weight is 482 g/mol. The molecular weight excluding hydrogens is 465 g/mol. The number of oxazole rings is 1. The number of imidazole rings is 2. The van der Waals surface area contributed by atoms with Crippen LogP contribution in [0.4, 0.5) is 13.2 Å². The van der Waals surface area contributed by atoms with E-state index < -0.39 is 35.6 Å². The van der Waals surface area contributed by atoms with Gasteiger partial charge in [-0.15, -0.1) is 0 Å². The summed E-state index contributed by atoms with van der Waals surface area (Å²) < 4.78 is 56.2. The van der Waals surface area contributed by atoms with E-state index in [-0.39, 0.29) is 23.6 Å². The number of halogens is 3. The Morgan fingerprint density at radius 2 is 2.09 bits per heavy atom. The molecule has 1 N–H and O–H groups in total. The van der Waals surface area contributed by atoms with E-state index in [9.17, 15) is 13.6 Å². The quantitative estimate of drug-likeness (QED) is 0.407. The fraction of sp³-hybridized carbons (Fsp3) is 0.217. The zero-order chi connectivity index (χ0) is 24.3. The number of alkyl halides is 2. The van der Waals surface area contributed by atoms with Gasteiger partial charge in [0.2, 0.25) is 11.7 Å². The zero-order valence-corrected chi connectivity index (χ0v) is 18.2. The van der Waals surface area contributed by atoms with Gasteiger partial charge in [-0.25, -0.2) is 28.1 Å². The van der Waals surface area contributed by atoms with E-state index in [1.807, 2.05) is 0 Å². The lowest BCUT2D eigenvalue weighted by Crippen LogP contribution is -2.41. The minimum absolute atomic E-state index is 0.0829. The number of hydrogen-bond acceptors (Lipinski definition) is 6. The molecule has 12 heteroatoms. The second-order valence-corrected chi connectivity index (χ2v) is 8.12. The topological polar surface area (TPSA) is 106 Å². The third-order valence-corrected chi connectivity index (χ3v) is 6.08. The molecule has 1 atom stereocenters. The molecule has 0 saturated heterocycles. The Balaban J connectivity index is 1.48. The lowest BCUT2D eigenvalue weighted by molar-refractivity contribution is 0.0622. The Morgan fingerprint density at radius 3 is 2.83 bits per heavy atom. The lowest BCUT2D eigenvalue weighted by atomic mass is 9.99. The van der Waals surface area contributed by atoms with E-state index in [4.69, 9.17) is 8.83 Å². The van der Waals surface area contributed by atoms with E-state index in [2.05, 4.69) is 19.9 Å². The molecule has 0 unspecified atom stereocenters. The summed E-state index contributed by atoms with van der Waals surface area (Å²) in [5.74, 6) is -2.47. The first-order valence-corrected chi connectivity index (χ1v) is 10.7. The zero-order valence-electron chi connectivity index (χ0n) is 18.2. The molecule has 1 aliphatic heterocycles. The molecule has 6 rings (SSSR count). The van der Waals surface area contributed by atoms with Crippen LogP contribution >= 0.6 is 0 Å². The van der Waals surface area contributed by atoms with Crippen LogP contribution in [-0.4, -0.2) is 41.9 Å². The van der Waals surface area contributed by atoms with Crippen LogP contribution in [0.1, 0.15) is 45.9 Å². The molecule has 9 nitrogen and oxygen atoms in total. The first kappa shape index (κ1) is 21.2. The van der Waals surface area contributed by atoms with E-state index in [1.165, 1.54) is 28.3 Å². The van der Waals surface area contributed by atoms with Gasteiger partial charge in [0.15, 0.2) is 17.3 Å². The van der Waals surface area contributed by atoms with Gasteiger partial charge < -0.3 is 23.3 Å². The number of amides is 1. The van der Waals surface area contributed by atoms with E-state index in [1.54, 1.807) is 31.3 Å². The predicted molar refractivity (Wildman–Crippen MR) is 115 cm³/mol. The summed E-state index contributed by atoms with van der Waals surface area (Å²) in [7, 11) is 1.64. The van der Waals surface area contributed by atoms with Crippen molar-refractivity contribution in [2.75, 3.05) is 6.54 Å². The number of H-pyrrole nitrogens is 1. The second kappa shape index (κ2) is 7.86. The van der Waals surface area contributed by atoms with Crippen LogP contribution in [0.3, 0.4) is 0 Å².